The Morgan fingerprint density at radius 3 is 2.56 bits per heavy atom. The molecule has 0 spiro atoms. The maximum Gasteiger partial charge on any atom is 0.263 e. The van der Waals surface area contributed by atoms with Crippen LogP contribution in [-0.4, -0.2) is 37.0 Å². The van der Waals surface area contributed by atoms with Crippen molar-refractivity contribution >= 4 is 11.7 Å². The quantitative estimate of drug-likeness (QED) is 0.684. The highest BCUT2D eigenvalue weighted by molar-refractivity contribution is 5.94. The molecule has 0 aliphatic carbocycles. The van der Waals surface area contributed by atoms with E-state index in [0.29, 0.717) is 28.5 Å². The molecule has 1 aromatic heterocycles. The fourth-order valence-corrected chi connectivity index (χ4v) is 2.47. The van der Waals surface area contributed by atoms with E-state index in [1.165, 1.54) is 7.11 Å². The highest BCUT2D eigenvalue weighted by Gasteiger charge is 2.17. The van der Waals surface area contributed by atoms with E-state index in [1.54, 1.807) is 31.4 Å². The first-order valence-electron chi connectivity index (χ1n) is 8.15. The smallest absolute Gasteiger partial charge is 0.263 e. The summed E-state index contributed by atoms with van der Waals surface area (Å²) in [6.07, 6.45) is 0. The number of aryl methyl sites for hydroxylation is 1. The normalized spacial score (nSPS) is 10.3. The molecule has 0 aliphatic rings. The molecule has 8 heteroatoms. The molecule has 140 valence electrons. The minimum atomic E-state index is -0.379. The molecule has 2 aromatic carbocycles. The fraction of sp³-hybridized carbons (Fsp3) is 0.211. The lowest BCUT2D eigenvalue weighted by molar-refractivity contribution is -0.118. The van der Waals surface area contributed by atoms with Gasteiger partial charge in [-0.3, -0.25) is 4.79 Å². The van der Waals surface area contributed by atoms with Crippen molar-refractivity contribution in [2.45, 2.75) is 6.92 Å². The summed E-state index contributed by atoms with van der Waals surface area (Å²) >= 11 is 0. The van der Waals surface area contributed by atoms with Gasteiger partial charge in [0.1, 0.15) is 5.75 Å². The molecule has 1 N–H and O–H groups in total. The van der Waals surface area contributed by atoms with Gasteiger partial charge < -0.3 is 19.5 Å². The van der Waals surface area contributed by atoms with Gasteiger partial charge in [0.05, 0.1) is 14.2 Å². The Bertz CT molecular complexity index is 939. The number of carbonyl (C=O) groups is 1. The third-order valence-corrected chi connectivity index (χ3v) is 3.86. The van der Waals surface area contributed by atoms with E-state index in [-0.39, 0.29) is 18.3 Å². The maximum absolute atomic E-state index is 12.2. The predicted octanol–water partition coefficient (Wildman–Crippen LogP) is 3.08. The first-order chi connectivity index (χ1) is 13.1. The van der Waals surface area contributed by atoms with Gasteiger partial charge in [0.2, 0.25) is 5.82 Å². The molecule has 0 saturated heterocycles. The highest BCUT2D eigenvalue weighted by Crippen LogP contribution is 2.33. The summed E-state index contributed by atoms with van der Waals surface area (Å²) in [7, 11) is 3.09. The third kappa shape index (κ3) is 4.17. The molecule has 0 unspecified atom stereocenters. The largest absolute Gasteiger partial charge is 0.493 e. The second-order valence-electron chi connectivity index (χ2n) is 5.63. The fourth-order valence-electron chi connectivity index (χ4n) is 2.47. The molecule has 3 aromatic rings. The lowest BCUT2D eigenvalue weighted by Crippen LogP contribution is -2.21. The molecule has 1 amide bonds. The molecular weight excluding hydrogens is 350 g/mol. The number of rotatable bonds is 7. The molecule has 0 saturated carbocycles. The van der Waals surface area contributed by atoms with Crippen LogP contribution in [0.1, 0.15) is 5.56 Å². The minimum absolute atomic E-state index is 0.164. The average Bonchev–Trinajstić information content (AvgIpc) is 3.14. The van der Waals surface area contributed by atoms with E-state index in [0.717, 1.165) is 5.56 Å². The number of benzene rings is 2. The highest BCUT2D eigenvalue weighted by atomic mass is 16.6. The van der Waals surface area contributed by atoms with Crippen molar-refractivity contribution in [3.8, 4) is 28.5 Å². The number of nitrogens with one attached hydrogen (secondary N) is 1. The van der Waals surface area contributed by atoms with E-state index in [9.17, 15) is 4.79 Å². The molecule has 27 heavy (non-hydrogen) atoms. The van der Waals surface area contributed by atoms with Crippen LogP contribution in [0.5, 0.6) is 17.2 Å². The van der Waals surface area contributed by atoms with Crippen molar-refractivity contribution in [1.29, 1.82) is 0 Å². The number of para-hydroxylation sites is 1. The van der Waals surface area contributed by atoms with Gasteiger partial charge in [-0.05, 0) is 47.1 Å². The van der Waals surface area contributed by atoms with Crippen molar-refractivity contribution in [2.24, 2.45) is 0 Å². The van der Waals surface area contributed by atoms with E-state index < -0.39 is 0 Å². The van der Waals surface area contributed by atoms with Gasteiger partial charge in [-0.25, -0.2) is 4.63 Å². The average molecular weight is 369 g/mol. The second-order valence-corrected chi connectivity index (χ2v) is 5.63. The van der Waals surface area contributed by atoms with Crippen LogP contribution in [0.25, 0.3) is 11.3 Å². The lowest BCUT2D eigenvalue weighted by atomic mass is 10.1. The van der Waals surface area contributed by atoms with Crippen LogP contribution in [0.15, 0.2) is 47.1 Å². The Kier molecular flexibility index (Phi) is 5.55. The Hall–Kier alpha value is -3.55. The van der Waals surface area contributed by atoms with Crippen molar-refractivity contribution in [3.05, 3.63) is 48.0 Å². The Morgan fingerprint density at radius 2 is 1.81 bits per heavy atom. The summed E-state index contributed by atoms with van der Waals surface area (Å²) in [5.41, 5.74) is 1.98. The zero-order valence-electron chi connectivity index (χ0n) is 15.2. The zero-order valence-corrected chi connectivity index (χ0v) is 15.2. The molecule has 0 radical (unpaired) electrons. The summed E-state index contributed by atoms with van der Waals surface area (Å²) in [6, 6.07) is 12.7. The van der Waals surface area contributed by atoms with E-state index >= 15 is 0 Å². The van der Waals surface area contributed by atoms with Gasteiger partial charge in [0, 0.05) is 5.56 Å². The summed E-state index contributed by atoms with van der Waals surface area (Å²) < 4.78 is 20.8. The maximum atomic E-state index is 12.2. The summed E-state index contributed by atoms with van der Waals surface area (Å²) in [5, 5.41) is 10.3. The number of carbonyl (C=O) groups excluding carboxylic acids is 1. The van der Waals surface area contributed by atoms with Gasteiger partial charge in [0.15, 0.2) is 23.8 Å². The van der Waals surface area contributed by atoms with Gasteiger partial charge in [-0.2, -0.15) is 0 Å². The molecule has 8 nitrogen and oxygen atoms in total. The summed E-state index contributed by atoms with van der Waals surface area (Å²) in [5.74, 6) is 1.57. The Labute approximate surface area is 156 Å². The molecule has 1 heterocycles. The van der Waals surface area contributed by atoms with Crippen LogP contribution < -0.4 is 19.5 Å². The summed E-state index contributed by atoms with van der Waals surface area (Å²) in [4.78, 5) is 12.2. The van der Waals surface area contributed by atoms with Gasteiger partial charge in [0.25, 0.3) is 5.91 Å². The van der Waals surface area contributed by atoms with Crippen LogP contribution >= 0.6 is 0 Å². The number of hydrogen-bond donors (Lipinski definition) is 1. The van der Waals surface area contributed by atoms with Crippen LogP contribution in [0, 0.1) is 6.92 Å². The second kappa shape index (κ2) is 8.22. The topological polar surface area (TPSA) is 95.7 Å². The number of anilines is 1. The number of methoxy groups -OCH3 is 2. The van der Waals surface area contributed by atoms with Crippen molar-refractivity contribution < 1.29 is 23.6 Å². The van der Waals surface area contributed by atoms with Crippen LogP contribution in [0.4, 0.5) is 5.82 Å². The minimum Gasteiger partial charge on any atom is -0.493 e. The van der Waals surface area contributed by atoms with Gasteiger partial charge >= 0.3 is 0 Å². The van der Waals surface area contributed by atoms with E-state index in [1.807, 2.05) is 25.1 Å². The predicted molar refractivity (Wildman–Crippen MR) is 98.1 cm³/mol. The van der Waals surface area contributed by atoms with Crippen LogP contribution in [0.2, 0.25) is 0 Å². The summed E-state index contributed by atoms with van der Waals surface area (Å²) in [6.45, 7) is 1.74. The van der Waals surface area contributed by atoms with Crippen LogP contribution in [-0.2, 0) is 4.79 Å². The van der Waals surface area contributed by atoms with Crippen molar-refractivity contribution in [3.63, 3.8) is 0 Å². The number of ether oxygens (including phenoxy) is 3. The number of amides is 1. The number of hydrogen-bond acceptors (Lipinski definition) is 7. The molecular formula is C19H19N3O5. The molecule has 3 rings (SSSR count). The molecule has 0 fully saturated rings. The first kappa shape index (κ1) is 18.2. The lowest BCUT2D eigenvalue weighted by Gasteiger charge is -2.10. The van der Waals surface area contributed by atoms with E-state index in [2.05, 4.69) is 15.6 Å². The third-order valence-electron chi connectivity index (χ3n) is 3.86. The Morgan fingerprint density at radius 1 is 1.04 bits per heavy atom. The molecule has 0 bridgehead atoms. The van der Waals surface area contributed by atoms with E-state index in [4.69, 9.17) is 18.8 Å². The van der Waals surface area contributed by atoms with Gasteiger partial charge in [-0.15, -0.1) is 0 Å². The van der Waals surface area contributed by atoms with Crippen molar-refractivity contribution in [1.82, 2.24) is 10.3 Å². The van der Waals surface area contributed by atoms with Gasteiger partial charge in [-0.1, -0.05) is 18.2 Å². The monoisotopic (exact) mass is 369 g/mol. The zero-order chi connectivity index (χ0) is 19.2. The van der Waals surface area contributed by atoms with Crippen molar-refractivity contribution in [2.75, 3.05) is 26.1 Å². The number of nitrogens with zero attached hydrogens (tertiary/aromatic N) is 2. The first-order valence-corrected chi connectivity index (χ1v) is 8.15. The standard InChI is InChI=1S/C19H19N3O5/c1-12-6-4-5-7-14(12)26-11-17(23)20-19-18(21-27-22-19)13-8-9-15(24-2)16(10-13)25-3/h4-10H,11H2,1-3H3,(H,20,22,23). The molecule has 0 atom stereocenters. The molecule has 0 aliphatic heterocycles. The van der Waals surface area contributed by atoms with Crippen LogP contribution in [0.3, 0.4) is 0 Å². The Balaban J connectivity index is 1.72. The SMILES string of the molecule is COc1ccc(-c2nonc2NC(=O)COc2ccccc2C)cc1OC. The number of aromatic nitrogens is 2.